The fraction of sp³-hybridized carbons (Fsp3) is 0. The standard InChI is InChI=1S/C15H12O3/c1-2-14(16)18-13-10-6-9-12(15(13)17)11-7-4-3-5-8-11/h2-10,17H,1H2. The van der Waals surface area contributed by atoms with Crippen molar-refractivity contribution >= 4 is 5.97 Å². The Morgan fingerprint density at radius 3 is 2.50 bits per heavy atom. The zero-order chi connectivity index (χ0) is 13.0. The normalized spacial score (nSPS) is 9.78. The third-order valence-electron chi connectivity index (χ3n) is 2.46. The number of aromatic hydroxyl groups is 1. The van der Waals surface area contributed by atoms with E-state index in [0.29, 0.717) is 5.56 Å². The van der Waals surface area contributed by atoms with Crippen LogP contribution in [0.4, 0.5) is 0 Å². The summed E-state index contributed by atoms with van der Waals surface area (Å²) in [5.74, 6) is -0.532. The van der Waals surface area contributed by atoms with Gasteiger partial charge in [-0.2, -0.15) is 0 Å². The summed E-state index contributed by atoms with van der Waals surface area (Å²) in [6.07, 6.45) is 1.05. The summed E-state index contributed by atoms with van der Waals surface area (Å²) in [5, 5.41) is 10.1. The number of benzene rings is 2. The summed E-state index contributed by atoms with van der Waals surface area (Å²) in [5.41, 5.74) is 1.47. The van der Waals surface area contributed by atoms with Gasteiger partial charge in [0.1, 0.15) is 0 Å². The van der Waals surface area contributed by atoms with E-state index in [9.17, 15) is 9.90 Å². The van der Waals surface area contributed by atoms with Crippen molar-refractivity contribution in [2.75, 3.05) is 0 Å². The molecule has 90 valence electrons. The van der Waals surface area contributed by atoms with Gasteiger partial charge < -0.3 is 9.84 Å². The molecule has 0 fully saturated rings. The van der Waals surface area contributed by atoms with Crippen molar-refractivity contribution in [3.8, 4) is 22.6 Å². The van der Waals surface area contributed by atoms with E-state index in [1.54, 1.807) is 12.1 Å². The van der Waals surface area contributed by atoms with Gasteiger partial charge in [-0.05, 0) is 11.6 Å². The molecule has 18 heavy (non-hydrogen) atoms. The lowest BCUT2D eigenvalue weighted by atomic mass is 10.0. The third-order valence-corrected chi connectivity index (χ3v) is 2.46. The predicted octanol–water partition coefficient (Wildman–Crippen LogP) is 3.15. The smallest absolute Gasteiger partial charge is 0.335 e. The number of esters is 1. The molecule has 0 heterocycles. The van der Waals surface area contributed by atoms with Crippen LogP contribution in [-0.4, -0.2) is 11.1 Å². The van der Waals surface area contributed by atoms with E-state index in [0.717, 1.165) is 11.6 Å². The van der Waals surface area contributed by atoms with Crippen LogP contribution >= 0.6 is 0 Å². The minimum Gasteiger partial charge on any atom is -0.504 e. The minimum absolute atomic E-state index is 0.0566. The van der Waals surface area contributed by atoms with Crippen molar-refractivity contribution < 1.29 is 14.6 Å². The first-order valence-electron chi connectivity index (χ1n) is 5.44. The number of rotatable bonds is 3. The molecule has 0 aromatic heterocycles. The van der Waals surface area contributed by atoms with E-state index in [4.69, 9.17) is 4.74 Å². The van der Waals surface area contributed by atoms with Gasteiger partial charge in [0.2, 0.25) is 0 Å². The molecule has 2 aromatic carbocycles. The fourth-order valence-corrected chi connectivity index (χ4v) is 1.61. The van der Waals surface area contributed by atoms with Crippen LogP contribution in [0.1, 0.15) is 0 Å². The van der Waals surface area contributed by atoms with E-state index >= 15 is 0 Å². The number of phenolic OH excluding ortho intramolecular Hbond substituents is 1. The minimum atomic E-state index is -0.601. The van der Waals surface area contributed by atoms with Crippen LogP contribution in [0, 0.1) is 0 Å². The maximum atomic E-state index is 11.1. The van der Waals surface area contributed by atoms with Crippen molar-refractivity contribution in [1.29, 1.82) is 0 Å². The highest BCUT2D eigenvalue weighted by Gasteiger charge is 2.11. The molecule has 0 bridgehead atoms. The number of hydrogen-bond donors (Lipinski definition) is 1. The molecule has 0 aliphatic rings. The zero-order valence-electron chi connectivity index (χ0n) is 9.67. The lowest BCUT2D eigenvalue weighted by Gasteiger charge is -2.09. The largest absolute Gasteiger partial charge is 0.504 e. The molecule has 0 spiro atoms. The van der Waals surface area contributed by atoms with Crippen LogP contribution < -0.4 is 4.74 Å². The fourth-order valence-electron chi connectivity index (χ4n) is 1.61. The summed E-state index contributed by atoms with van der Waals surface area (Å²) in [7, 11) is 0. The molecular formula is C15H12O3. The molecule has 3 heteroatoms. The van der Waals surface area contributed by atoms with E-state index in [1.165, 1.54) is 6.07 Å². The van der Waals surface area contributed by atoms with Crippen LogP contribution in [0.3, 0.4) is 0 Å². The maximum Gasteiger partial charge on any atom is 0.335 e. The first kappa shape index (κ1) is 11.9. The van der Waals surface area contributed by atoms with Gasteiger partial charge in [0, 0.05) is 11.6 Å². The number of hydrogen-bond acceptors (Lipinski definition) is 3. The maximum absolute atomic E-state index is 11.1. The SMILES string of the molecule is C=CC(=O)Oc1cccc(-c2ccccc2)c1O. The van der Waals surface area contributed by atoms with Crippen molar-refractivity contribution in [3.05, 3.63) is 61.2 Å². The van der Waals surface area contributed by atoms with Crippen LogP contribution in [0.5, 0.6) is 11.5 Å². The predicted molar refractivity (Wildman–Crippen MR) is 69.4 cm³/mol. The molecule has 2 rings (SSSR count). The molecule has 1 N–H and O–H groups in total. The Bertz CT molecular complexity index is 574. The quantitative estimate of drug-likeness (QED) is 0.509. The van der Waals surface area contributed by atoms with Gasteiger partial charge in [0.15, 0.2) is 11.5 Å². The molecule has 0 radical (unpaired) electrons. The topological polar surface area (TPSA) is 46.5 Å². The average Bonchev–Trinajstić information content (AvgIpc) is 2.42. The second-order valence-electron chi connectivity index (χ2n) is 3.64. The molecule has 0 atom stereocenters. The summed E-state index contributed by atoms with van der Waals surface area (Å²) in [6, 6.07) is 14.4. The van der Waals surface area contributed by atoms with E-state index in [1.807, 2.05) is 30.3 Å². The van der Waals surface area contributed by atoms with Crippen LogP contribution in [-0.2, 0) is 4.79 Å². The van der Waals surface area contributed by atoms with Crippen molar-refractivity contribution in [2.24, 2.45) is 0 Å². The highest BCUT2D eigenvalue weighted by Crippen LogP contribution is 2.36. The number of ether oxygens (including phenoxy) is 1. The first-order chi connectivity index (χ1) is 8.72. The molecule has 2 aromatic rings. The lowest BCUT2D eigenvalue weighted by molar-refractivity contribution is -0.129. The van der Waals surface area contributed by atoms with Gasteiger partial charge in [-0.3, -0.25) is 0 Å². The van der Waals surface area contributed by atoms with Crippen LogP contribution in [0.25, 0.3) is 11.1 Å². The van der Waals surface area contributed by atoms with Gasteiger partial charge >= 0.3 is 5.97 Å². The second kappa shape index (κ2) is 5.19. The van der Waals surface area contributed by atoms with Crippen molar-refractivity contribution in [2.45, 2.75) is 0 Å². The summed E-state index contributed by atoms with van der Waals surface area (Å²) in [4.78, 5) is 11.1. The molecule has 0 aliphatic heterocycles. The monoisotopic (exact) mass is 240 g/mol. The Morgan fingerprint density at radius 2 is 1.83 bits per heavy atom. The number of phenols is 1. The second-order valence-corrected chi connectivity index (χ2v) is 3.64. The Balaban J connectivity index is 2.42. The number of carbonyl (C=O) groups excluding carboxylic acids is 1. The van der Waals surface area contributed by atoms with Crippen molar-refractivity contribution in [3.63, 3.8) is 0 Å². The third kappa shape index (κ3) is 2.40. The molecule has 0 aliphatic carbocycles. The summed E-state index contributed by atoms with van der Waals surface area (Å²) in [6.45, 7) is 3.31. The Labute approximate surface area is 105 Å². The van der Waals surface area contributed by atoms with E-state index < -0.39 is 5.97 Å². The first-order valence-corrected chi connectivity index (χ1v) is 5.44. The number of para-hydroxylation sites is 1. The van der Waals surface area contributed by atoms with Gasteiger partial charge in [-0.25, -0.2) is 4.79 Å². The molecule has 0 unspecified atom stereocenters. The van der Waals surface area contributed by atoms with Crippen LogP contribution in [0.2, 0.25) is 0 Å². The van der Waals surface area contributed by atoms with Gasteiger partial charge in [0.25, 0.3) is 0 Å². The van der Waals surface area contributed by atoms with E-state index in [2.05, 4.69) is 6.58 Å². The van der Waals surface area contributed by atoms with Gasteiger partial charge in [0.05, 0.1) is 0 Å². The Morgan fingerprint density at radius 1 is 1.11 bits per heavy atom. The summed E-state index contributed by atoms with van der Waals surface area (Å²) < 4.78 is 4.95. The van der Waals surface area contributed by atoms with E-state index in [-0.39, 0.29) is 11.5 Å². The number of carbonyl (C=O) groups is 1. The molecule has 0 saturated heterocycles. The zero-order valence-corrected chi connectivity index (χ0v) is 9.67. The summed E-state index contributed by atoms with van der Waals surface area (Å²) >= 11 is 0. The molecule has 0 saturated carbocycles. The molecular weight excluding hydrogens is 228 g/mol. The Hall–Kier alpha value is -2.55. The molecule has 0 amide bonds. The highest BCUT2D eigenvalue weighted by atomic mass is 16.5. The molecule has 3 nitrogen and oxygen atoms in total. The Kier molecular flexibility index (Phi) is 3.44. The average molecular weight is 240 g/mol. The van der Waals surface area contributed by atoms with Gasteiger partial charge in [-0.15, -0.1) is 0 Å². The lowest BCUT2D eigenvalue weighted by Crippen LogP contribution is -2.03. The highest BCUT2D eigenvalue weighted by molar-refractivity contribution is 5.85. The van der Waals surface area contributed by atoms with Crippen LogP contribution in [0.15, 0.2) is 61.2 Å². The van der Waals surface area contributed by atoms with Gasteiger partial charge in [-0.1, -0.05) is 49.0 Å². The van der Waals surface area contributed by atoms with Crippen molar-refractivity contribution in [1.82, 2.24) is 0 Å².